The third-order valence-electron chi connectivity index (χ3n) is 3.16. The molecule has 0 atom stereocenters. The number of benzene rings is 1. The molecule has 3 N–H and O–H groups in total. The predicted octanol–water partition coefficient (Wildman–Crippen LogP) is 0.875. The molecule has 1 aliphatic heterocycles. The Morgan fingerprint density at radius 1 is 1.21 bits per heavy atom. The lowest BCUT2D eigenvalue weighted by Gasteiger charge is -2.26. The second-order valence-corrected chi connectivity index (χ2v) is 6.31. The lowest BCUT2D eigenvalue weighted by atomic mass is 10.1. The maximum Gasteiger partial charge on any atom is 0.301 e. The molecule has 0 radical (unpaired) electrons. The Hall–Kier alpha value is -1.31. The Kier molecular flexibility index (Phi) is 3.98. The summed E-state index contributed by atoms with van der Waals surface area (Å²) in [6.45, 7) is 5.34. The van der Waals surface area contributed by atoms with Crippen molar-refractivity contribution in [3.8, 4) is 0 Å². The fourth-order valence-electron chi connectivity index (χ4n) is 1.97. The molecule has 0 bridgehead atoms. The second kappa shape index (κ2) is 5.36. The normalized spacial score (nSPS) is 17.4. The first-order chi connectivity index (χ1) is 8.90. The Labute approximate surface area is 113 Å². The van der Waals surface area contributed by atoms with Gasteiger partial charge in [-0.25, -0.2) is 0 Å². The van der Waals surface area contributed by atoms with Crippen LogP contribution in [0.3, 0.4) is 0 Å². The number of nitrogens with two attached hydrogens (primary N) is 1. The first-order valence-electron chi connectivity index (χ1n) is 6.12. The highest BCUT2D eigenvalue weighted by Gasteiger charge is 2.24. The summed E-state index contributed by atoms with van der Waals surface area (Å²) in [4.78, 5) is 0. The summed E-state index contributed by atoms with van der Waals surface area (Å²) in [7, 11) is -3.54. The zero-order valence-corrected chi connectivity index (χ0v) is 12.0. The summed E-state index contributed by atoms with van der Waals surface area (Å²) < 4.78 is 33.6. The molecule has 1 saturated heterocycles. The minimum Gasteiger partial charge on any atom is -0.398 e. The van der Waals surface area contributed by atoms with Crippen LogP contribution in [0.15, 0.2) is 12.1 Å². The van der Waals surface area contributed by atoms with E-state index >= 15 is 0 Å². The summed E-state index contributed by atoms with van der Waals surface area (Å²) in [6.07, 6.45) is 0. The van der Waals surface area contributed by atoms with Crippen LogP contribution in [0.1, 0.15) is 11.1 Å². The third kappa shape index (κ3) is 3.17. The van der Waals surface area contributed by atoms with E-state index in [1.165, 1.54) is 4.31 Å². The number of anilines is 2. The van der Waals surface area contributed by atoms with Gasteiger partial charge in [-0.15, -0.1) is 0 Å². The van der Waals surface area contributed by atoms with Gasteiger partial charge in [0, 0.05) is 18.8 Å². The molecule has 1 aromatic rings. The van der Waals surface area contributed by atoms with Gasteiger partial charge in [0.15, 0.2) is 0 Å². The van der Waals surface area contributed by atoms with Gasteiger partial charge in [0.05, 0.1) is 18.9 Å². The summed E-state index contributed by atoms with van der Waals surface area (Å²) in [5.41, 5.74) is 8.70. The zero-order valence-electron chi connectivity index (χ0n) is 11.1. The van der Waals surface area contributed by atoms with Gasteiger partial charge in [-0.1, -0.05) is 6.07 Å². The topological polar surface area (TPSA) is 84.7 Å². The highest BCUT2D eigenvalue weighted by Crippen LogP contribution is 2.24. The number of nitrogens with zero attached hydrogens (tertiary/aromatic N) is 1. The maximum atomic E-state index is 12.2. The lowest BCUT2D eigenvalue weighted by Crippen LogP contribution is -2.43. The van der Waals surface area contributed by atoms with Crippen LogP contribution in [0.4, 0.5) is 11.4 Å². The Morgan fingerprint density at radius 3 is 2.47 bits per heavy atom. The predicted molar refractivity (Wildman–Crippen MR) is 75.3 cm³/mol. The molecule has 2 rings (SSSR count). The fraction of sp³-hybridized carbons (Fsp3) is 0.500. The van der Waals surface area contributed by atoms with Crippen LogP contribution >= 0.6 is 0 Å². The molecule has 106 valence electrons. The Bertz CT molecular complexity index is 566. The van der Waals surface area contributed by atoms with Crippen molar-refractivity contribution in [2.45, 2.75) is 13.8 Å². The molecule has 0 saturated carbocycles. The molecule has 19 heavy (non-hydrogen) atoms. The van der Waals surface area contributed by atoms with Crippen LogP contribution < -0.4 is 10.5 Å². The number of aryl methyl sites for hydroxylation is 2. The van der Waals surface area contributed by atoms with E-state index in [-0.39, 0.29) is 0 Å². The number of hydrogen-bond acceptors (Lipinski definition) is 4. The average molecular weight is 285 g/mol. The summed E-state index contributed by atoms with van der Waals surface area (Å²) in [5, 5.41) is 0. The SMILES string of the molecule is Cc1cc(C)c(NS(=O)(=O)N2CCOCC2)cc1N. The molecule has 1 fully saturated rings. The largest absolute Gasteiger partial charge is 0.398 e. The van der Waals surface area contributed by atoms with Gasteiger partial charge in [-0.05, 0) is 31.0 Å². The lowest BCUT2D eigenvalue weighted by molar-refractivity contribution is 0.0733. The summed E-state index contributed by atoms with van der Waals surface area (Å²) in [5.74, 6) is 0. The average Bonchev–Trinajstić information content (AvgIpc) is 2.37. The second-order valence-electron chi connectivity index (χ2n) is 4.64. The van der Waals surface area contributed by atoms with E-state index in [1.807, 2.05) is 19.9 Å². The van der Waals surface area contributed by atoms with Crippen molar-refractivity contribution >= 4 is 21.6 Å². The monoisotopic (exact) mass is 285 g/mol. The van der Waals surface area contributed by atoms with Crippen molar-refractivity contribution in [2.75, 3.05) is 36.8 Å². The minimum atomic E-state index is -3.54. The molecule has 0 amide bonds. The fourth-order valence-corrected chi connectivity index (χ4v) is 3.23. The Morgan fingerprint density at radius 2 is 1.84 bits per heavy atom. The van der Waals surface area contributed by atoms with Crippen LogP contribution in [0, 0.1) is 13.8 Å². The number of morpholine rings is 1. The van der Waals surface area contributed by atoms with E-state index in [9.17, 15) is 8.42 Å². The van der Waals surface area contributed by atoms with Gasteiger partial charge in [0.1, 0.15) is 0 Å². The first-order valence-corrected chi connectivity index (χ1v) is 7.56. The highest BCUT2D eigenvalue weighted by atomic mass is 32.2. The zero-order chi connectivity index (χ0) is 14.0. The van der Waals surface area contributed by atoms with Gasteiger partial charge in [0.2, 0.25) is 0 Å². The van der Waals surface area contributed by atoms with Crippen molar-refractivity contribution < 1.29 is 13.2 Å². The van der Waals surface area contributed by atoms with Crippen molar-refractivity contribution in [1.82, 2.24) is 4.31 Å². The highest BCUT2D eigenvalue weighted by molar-refractivity contribution is 7.90. The molecule has 6 nitrogen and oxygen atoms in total. The molecule has 1 aromatic carbocycles. The van der Waals surface area contributed by atoms with Gasteiger partial charge < -0.3 is 10.5 Å². The van der Waals surface area contributed by atoms with E-state index in [0.717, 1.165) is 11.1 Å². The van der Waals surface area contributed by atoms with Gasteiger partial charge >= 0.3 is 10.2 Å². The molecule has 1 heterocycles. The molecule has 7 heteroatoms. The quantitative estimate of drug-likeness (QED) is 0.807. The van der Waals surface area contributed by atoms with E-state index in [0.29, 0.717) is 37.7 Å². The van der Waals surface area contributed by atoms with Gasteiger partial charge in [-0.3, -0.25) is 4.72 Å². The molecule has 0 aliphatic carbocycles. The van der Waals surface area contributed by atoms with Gasteiger partial charge in [-0.2, -0.15) is 12.7 Å². The van der Waals surface area contributed by atoms with Crippen LogP contribution in [0.25, 0.3) is 0 Å². The minimum absolute atomic E-state index is 0.371. The van der Waals surface area contributed by atoms with Crippen LogP contribution in [-0.4, -0.2) is 39.0 Å². The van der Waals surface area contributed by atoms with Crippen molar-refractivity contribution in [2.24, 2.45) is 0 Å². The molecular weight excluding hydrogens is 266 g/mol. The smallest absolute Gasteiger partial charge is 0.301 e. The number of nitrogen functional groups attached to an aromatic ring is 1. The number of rotatable bonds is 3. The number of nitrogens with one attached hydrogen (secondary N) is 1. The first kappa shape index (κ1) is 14.1. The standard InChI is InChI=1S/C12H19N3O3S/c1-9-7-10(2)12(8-11(9)13)14-19(16,17)15-3-5-18-6-4-15/h7-8,14H,3-6,13H2,1-2H3. The molecule has 0 aromatic heterocycles. The van der Waals surface area contributed by atoms with Crippen molar-refractivity contribution in [3.05, 3.63) is 23.3 Å². The van der Waals surface area contributed by atoms with Gasteiger partial charge in [0.25, 0.3) is 0 Å². The third-order valence-corrected chi connectivity index (χ3v) is 4.68. The van der Waals surface area contributed by atoms with E-state index in [2.05, 4.69) is 4.72 Å². The molecular formula is C12H19N3O3S. The molecule has 1 aliphatic rings. The van der Waals surface area contributed by atoms with Crippen LogP contribution in [0.5, 0.6) is 0 Å². The van der Waals surface area contributed by atoms with E-state index < -0.39 is 10.2 Å². The van der Waals surface area contributed by atoms with Crippen molar-refractivity contribution in [1.29, 1.82) is 0 Å². The molecule has 0 spiro atoms. The molecule has 0 unspecified atom stereocenters. The maximum absolute atomic E-state index is 12.2. The van der Waals surface area contributed by atoms with E-state index in [4.69, 9.17) is 10.5 Å². The number of hydrogen-bond donors (Lipinski definition) is 2. The van der Waals surface area contributed by atoms with Crippen LogP contribution in [-0.2, 0) is 14.9 Å². The summed E-state index contributed by atoms with van der Waals surface area (Å²) >= 11 is 0. The van der Waals surface area contributed by atoms with Crippen LogP contribution in [0.2, 0.25) is 0 Å². The van der Waals surface area contributed by atoms with Crippen molar-refractivity contribution in [3.63, 3.8) is 0 Å². The number of ether oxygens (including phenoxy) is 1. The summed E-state index contributed by atoms with van der Waals surface area (Å²) in [6, 6.07) is 3.52. The van der Waals surface area contributed by atoms with E-state index in [1.54, 1.807) is 6.07 Å². The Balaban J connectivity index is 2.22.